The molecule has 1 amide bonds. The predicted octanol–water partition coefficient (Wildman–Crippen LogP) is 5.40. The molecule has 0 spiro atoms. The molecule has 0 fully saturated rings. The molecule has 0 unspecified atom stereocenters. The third-order valence-corrected chi connectivity index (χ3v) is 8.00. The first-order chi connectivity index (χ1) is 16.1. The maximum Gasteiger partial charge on any atom is 0.237 e. The number of nitrogens with one attached hydrogen (secondary N) is 1. The number of carbonyl (C=O) groups excluding carboxylic acids is 1. The van der Waals surface area contributed by atoms with Crippen LogP contribution in [0.2, 0.25) is 0 Å². The van der Waals surface area contributed by atoms with Crippen molar-refractivity contribution in [2.75, 3.05) is 29.6 Å². The number of methoxy groups -OCH3 is 1. The fourth-order valence-electron chi connectivity index (χ4n) is 3.70. The molecule has 0 radical (unpaired) electrons. The first-order valence-corrected chi connectivity index (χ1v) is 13.0. The van der Waals surface area contributed by atoms with Gasteiger partial charge in [-0.1, -0.05) is 41.3 Å². The van der Waals surface area contributed by atoms with E-state index in [2.05, 4.69) is 31.9 Å². The van der Waals surface area contributed by atoms with Gasteiger partial charge in [-0.3, -0.25) is 4.79 Å². The van der Waals surface area contributed by atoms with Crippen molar-refractivity contribution in [2.45, 2.75) is 17.7 Å². The van der Waals surface area contributed by atoms with Crippen LogP contribution in [0.1, 0.15) is 10.6 Å². The summed E-state index contributed by atoms with van der Waals surface area (Å²) in [6.07, 6.45) is 0.856. The van der Waals surface area contributed by atoms with Gasteiger partial charge in [0.15, 0.2) is 4.34 Å². The number of amides is 1. The monoisotopic (exact) mass is 495 g/mol. The van der Waals surface area contributed by atoms with Gasteiger partial charge < -0.3 is 15.0 Å². The third-order valence-electron chi connectivity index (χ3n) is 5.27. The van der Waals surface area contributed by atoms with Crippen molar-refractivity contribution in [3.8, 4) is 17.0 Å². The van der Waals surface area contributed by atoms with E-state index in [4.69, 9.17) is 4.74 Å². The smallest absolute Gasteiger partial charge is 0.237 e. The fraction of sp³-hybridized carbons (Fsp3) is 0.217. The molecule has 0 bridgehead atoms. The summed E-state index contributed by atoms with van der Waals surface area (Å²) < 4.78 is 6.10. The van der Waals surface area contributed by atoms with Crippen molar-refractivity contribution < 1.29 is 9.53 Å². The van der Waals surface area contributed by atoms with E-state index in [1.807, 2.05) is 48.2 Å². The topological polar surface area (TPSA) is 80.2 Å². The van der Waals surface area contributed by atoms with E-state index in [1.54, 1.807) is 18.4 Å². The van der Waals surface area contributed by atoms with Crippen LogP contribution in [0, 0.1) is 6.92 Å². The van der Waals surface area contributed by atoms with Crippen LogP contribution in [0.4, 0.5) is 16.5 Å². The Morgan fingerprint density at radius 3 is 2.94 bits per heavy atom. The number of fused-ring (bicyclic) bond motifs is 1. The van der Waals surface area contributed by atoms with Gasteiger partial charge in [0, 0.05) is 23.2 Å². The van der Waals surface area contributed by atoms with Crippen LogP contribution in [-0.4, -0.2) is 40.5 Å². The molecule has 10 heteroatoms. The van der Waals surface area contributed by atoms with E-state index < -0.39 is 0 Å². The number of carbonyl (C=O) groups is 1. The average Bonchev–Trinajstić information content (AvgIpc) is 3.57. The molecule has 33 heavy (non-hydrogen) atoms. The number of para-hydroxylation sites is 2. The van der Waals surface area contributed by atoms with Crippen LogP contribution in [0.3, 0.4) is 0 Å². The highest BCUT2D eigenvalue weighted by Crippen LogP contribution is 2.35. The van der Waals surface area contributed by atoms with Crippen LogP contribution < -0.4 is 15.0 Å². The van der Waals surface area contributed by atoms with Gasteiger partial charge in [0.05, 0.1) is 29.3 Å². The normalized spacial score (nSPS) is 12.6. The molecule has 0 saturated heterocycles. The molecule has 2 aromatic heterocycles. The molecule has 168 valence electrons. The van der Waals surface area contributed by atoms with Crippen molar-refractivity contribution in [1.29, 1.82) is 0 Å². The van der Waals surface area contributed by atoms with E-state index in [9.17, 15) is 4.79 Å². The first kappa shape index (κ1) is 21.9. The molecule has 0 saturated carbocycles. The summed E-state index contributed by atoms with van der Waals surface area (Å²) in [5.74, 6) is 1.12. The molecule has 7 nitrogen and oxygen atoms in total. The predicted molar refractivity (Wildman–Crippen MR) is 135 cm³/mol. The number of ether oxygens (including phenoxy) is 1. The molecule has 1 aliphatic heterocycles. The second kappa shape index (κ2) is 9.50. The van der Waals surface area contributed by atoms with Crippen molar-refractivity contribution in [1.82, 2.24) is 15.2 Å². The Hall–Kier alpha value is -2.95. The Kier molecular flexibility index (Phi) is 6.30. The number of hydrogen-bond donors (Lipinski definition) is 1. The lowest BCUT2D eigenvalue weighted by Gasteiger charge is -2.17. The Balaban J connectivity index is 1.21. The van der Waals surface area contributed by atoms with Crippen molar-refractivity contribution in [3.63, 3.8) is 0 Å². The molecule has 1 N–H and O–H groups in total. The highest BCUT2D eigenvalue weighted by Gasteiger charge is 2.25. The van der Waals surface area contributed by atoms with Gasteiger partial charge in [-0.15, -0.1) is 21.5 Å². The van der Waals surface area contributed by atoms with Gasteiger partial charge >= 0.3 is 0 Å². The number of aryl methyl sites for hydroxylation is 1. The first-order valence-electron chi connectivity index (χ1n) is 10.3. The summed E-state index contributed by atoms with van der Waals surface area (Å²) in [5, 5.41) is 15.4. The van der Waals surface area contributed by atoms with Crippen molar-refractivity contribution in [3.05, 3.63) is 58.4 Å². The maximum atomic E-state index is 12.9. The summed E-state index contributed by atoms with van der Waals surface area (Å²) in [7, 11) is 1.63. The van der Waals surface area contributed by atoms with Crippen LogP contribution in [0.15, 0.2) is 52.2 Å². The minimum absolute atomic E-state index is 0.0745. The number of anilines is 3. The highest BCUT2D eigenvalue weighted by atomic mass is 32.2. The Morgan fingerprint density at radius 1 is 1.24 bits per heavy atom. The Labute approximate surface area is 203 Å². The minimum atomic E-state index is 0.0745. The number of rotatable bonds is 7. The Morgan fingerprint density at radius 2 is 2.12 bits per heavy atom. The SMILES string of the molecule is COc1ccccc1Nc1nnc(SCC(=O)N2CCc3cc(-c4csc(C)n4)ccc32)s1. The van der Waals surface area contributed by atoms with Crippen LogP contribution in [0.5, 0.6) is 5.75 Å². The molecular weight excluding hydrogens is 474 g/mol. The lowest BCUT2D eigenvalue weighted by molar-refractivity contribution is -0.116. The van der Waals surface area contributed by atoms with E-state index in [0.717, 1.165) is 44.1 Å². The number of thiazole rings is 1. The molecule has 1 aliphatic rings. The number of hydrogen-bond acceptors (Lipinski definition) is 9. The van der Waals surface area contributed by atoms with E-state index in [1.165, 1.54) is 28.7 Å². The third kappa shape index (κ3) is 4.73. The summed E-state index contributed by atoms with van der Waals surface area (Å²) in [4.78, 5) is 19.4. The zero-order valence-electron chi connectivity index (χ0n) is 18.1. The van der Waals surface area contributed by atoms with Crippen molar-refractivity contribution in [2.24, 2.45) is 0 Å². The van der Waals surface area contributed by atoms with E-state index in [0.29, 0.717) is 17.4 Å². The van der Waals surface area contributed by atoms with Crippen LogP contribution in [-0.2, 0) is 11.2 Å². The zero-order chi connectivity index (χ0) is 22.8. The lowest BCUT2D eigenvalue weighted by Crippen LogP contribution is -2.30. The van der Waals surface area contributed by atoms with Gasteiger partial charge in [-0.25, -0.2) is 4.98 Å². The van der Waals surface area contributed by atoms with Gasteiger partial charge in [-0.05, 0) is 43.2 Å². The molecule has 3 heterocycles. The molecule has 0 atom stereocenters. The quantitative estimate of drug-likeness (QED) is 0.344. The molecule has 5 rings (SSSR count). The lowest BCUT2D eigenvalue weighted by atomic mass is 10.1. The molecule has 4 aromatic rings. The van der Waals surface area contributed by atoms with Crippen molar-refractivity contribution >= 4 is 56.8 Å². The number of aromatic nitrogens is 3. The standard InChI is InChI=1S/C23H21N5O2S3/c1-14-24-18(12-31-14)15-7-8-19-16(11-15)9-10-28(19)21(29)13-32-23-27-26-22(33-23)25-17-5-3-4-6-20(17)30-2/h3-8,11-12H,9-10,13H2,1-2H3,(H,25,26). The second-order valence-corrected chi connectivity index (χ2v) is 10.6. The van der Waals surface area contributed by atoms with Gasteiger partial charge in [-0.2, -0.15) is 0 Å². The maximum absolute atomic E-state index is 12.9. The largest absolute Gasteiger partial charge is 0.495 e. The van der Waals surface area contributed by atoms with Gasteiger partial charge in [0.25, 0.3) is 0 Å². The Bertz CT molecular complexity index is 1300. The van der Waals surface area contributed by atoms with Crippen LogP contribution in [0.25, 0.3) is 11.3 Å². The summed E-state index contributed by atoms with van der Waals surface area (Å²) in [6, 6.07) is 13.9. The number of thioether (sulfide) groups is 1. The van der Waals surface area contributed by atoms with Gasteiger partial charge in [0.2, 0.25) is 11.0 Å². The summed E-state index contributed by atoms with van der Waals surface area (Å²) in [5.41, 5.74) is 5.10. The summed E-state index contributed by atoms with van der Waals surface area (Å²) >= 11 is 4.47. The van der Waals surface area contributed by atoms with Gasteiger partial charge in [0.1, 0.15) is 5.75 Å². The van der Waals surface area contributed by atoms with Crippen LogP contribution >= 0.6 is 34.4 Å². The minimum Gasteiger partial charge on any atom is -0.495 e. The average molecular weight is 496 g/mol. The highest BCUT2D eigenvalue weighted by molar-refractivity contribution is 8.01. The van der Waals surface area contributed by atoms with E-state index in [-0.39, 0.29) is 5.91 Å². The second-order valence-electron chi connectivity index (χ2n) is 7.38. The zero-order valence-corrected chi connectivity index (χ0v) is 20.5. The molecule has 2 aromatic carbocycles. The number of nitrogens with zero attached hydrogens (tertiary/aromatic N) is 4. The molecular formula is C23H21N5O2S3. The fourth-order valence-corrected chi connectivity index (χ4v) is 5.96. The molecule has 0 aliphatic carbocycles. The number of benzene rings is 2. The van der Waals surface area contributed by atoms with E-state index >= 15 is 0 Å². The summed E-state index contributed by atoms with van der Waals surface area (Å²) in [6.45, 7) is 2.71.